The minimum Gasteiger partial charge on any atom is -0.338 e. The molecule has 3 aliphatic rings. The molecule has 1 N–H and O–H groups in total. The van der Waals surface area contributed by atoms with E-state index in [0.29, 0.717) is 40.6 Å². The summed E-state index contributed by atoms with van der Waals surface area (Å²) in [6, 6.07) is 0.365. The molecule has 1 aliphatic carbocycles. The van der Waals surface area contributed by atoms with Crippen molar-refractivity contribution in [2.75, 3.05) is 24.5 Å². The Morgan fingerprint density at radius 1 is 1.15 bits per heavy atom. The minimum absolute atomic E-state index is 0.132. The Balaban J connectivity index is 1.49. The molecule has 0 amide bonds. The molecule has 5 heterocycles. The number of allylic oxidation sites excluding steroid dienone is 2. The lowest BCUT2D eigenvalue weighted by Crippen LogP contribution is -2.40. The summed E-state index contributed by atoms with van der Waals surface area (Å²) < 4.78 is 4.79. The molecule has 34 heavy (non-hydrogen) atoms. The Hall–Kier alpha value is -2.79. The van der Waals surface area contributed by atoms with E-state index in [-0.39, 0.29) is 17.8 Å². The van der Waals surface area contributed by atoms with E-state index in [4.69, 9.17) is 4.98 Å². The van der Waals surface area contributed by atoms with E-state index in [1.165, 1.54) is 26.0 Å². The summed E-state index contributed by atoms with van der Waals surface area (Å²) in [6.45, 7) is 7.61. The number of rotatable bonds is 6. The topological polar surface area (TPSA) is 103 Å². The van der Waals surface area contributed by atoms with Gasteiger partial charge in [0.1, 0.15) is 10.0 Å². The van der Waals surface area contributed by atoms with Crippen molar-refractivity contribution in [3.05, 3.63) is 42.5 Å². The number of anilines is 1. The first kappa shape index (κ1) is 21.7. The zero-order valence-electron chi connectivity index (χ0n) is 19.8. The number of hydrogen-bond donors (Lipinski definition) is 1. The molecule has 2 aliphatic heterocycles. The predicted octanol–water partition coefficient (Wildman–Crippen LogP) is 1.44. The first-order valence-corrected chi connectivity index (χ1v) is 12.9. The standard InChI is InChI=1S/C23H30N8O2S/c1-13(2)6-8-30-18-19(25-22(30)29-9-7-15-10-24-11-16(15)29)28(3)23(33)31(21(18)32)12-17-26-27-20(34-17)14-4-5-14/h6,14-16,24H,4-5,7-12H2,1-3H3. The molecule has 0 spiro atoms. The fourth-order valence-electron chi connectivity index (χ4n) is 5.22. The predicted molar refractivity (Wildman–Crippen MR) is 132 cm³/mol. The van der Waals surface area contributed by atoms with Crippen LogP contribution in [0.1, 0.15) is 49.0 Å². The third-order valence-electron chi connectivity index (χ3n) is 7.30. The lowest BCUT2D eigenvalue weighted by molar-refractivity contribution is 0.573. The summed E-state index contributed by atoms with van der Waals surface area (Å²) >= 11 is 1.50. The van der Waals surface area contributed by atoms with Crippen LogP contribution < -0.4 is 21.5 Å². The van der Waals surface area contributed by atoms with Gasteiger partial charge in [0.2, 0.25) is 5.95 Å². The van der Waals surface area contributed by atoms with Gasteiger partial charge in [-0.3, -0.25) is 13.9 Å². The summed E-state index contributed by atoms with van der Waals surface area (Å²) in [5.41, 5.74) is 1.38. The number of aryl methyl sites for hydroxylation is 1. The molecule has 11 heteroatoms. The van der Waals surface area contributed by atoms with Crippen LogP contribution >= 0.6 is 11.3 Å². The first-order chi connectivity index (χ1) is 16.4. The average molecular weight is 483 g/mol. The smallest absolute Gasteiger partial charge is 0.332 e. The van der Waals surface area contributed by atoms with E-state index in [0.717, 1.165) is 49.9 Å². The number of imidazole rings is 1. The van der Waals surface area contributed by atoms with Crippen molar-refractivity contribution in [3.8, 4) is 0 Å². The van der Waals surface area contributed by atoms with Gasteiger partial charge in [0.15, 0.2) is 11.2 Å². The summed E-state index contributed by atoms with van der Waals surface area (Å²) in [4.78, 5) is 34.2. The van der Waals surface area contributed by atoms with Crippen LogP contribution in [0, 0.1) is 5.92 Å². The second kappa shape index (κ2) is 8.16. The van der Waals surface area contributed by atoms with Crippen molar-refractivity contribution in [2.24, 2.45) is 13.0 Å². The maximum absolute atomic E-state index is 13.8. The lowest BCUT2D eigenvalue weighted by atomic mass is 10.1. The number of nitrogens with one attached hydrogen (secondary N) is 1. The lowest BCUT2D eigenvalue weighted by Gasteiger charge is -2.25. The minimum atomic E-state index is -0.374. The molecule has 0 bridgehead atoms. The Morgan fingerprint density at radius 2 is 1.97 bits per heavy atom. The van der Waals surface area contributed by atoms with E-state index < -0.39 is 0 Å². The van der Waals surface area contributed by atoms with Gasteiger partial charge in [-0.2, -0.15) is 4.98 Å². The van der Waals surface area contributed by atoms with Gasteiger partial charge in [0.25, 0.3) is 5.56 Å². The molecule has 0 aromatic carbocycles. The van der Waals surface area contributed by atoms with Crippen LogP contribution in [0.5, 0.6) is 0 Å². The van der Waals surface area contributed by atoms with Gasteiger partial charge in [-0.25, -0.2) is 4.79 Å². The van der Waals surface area contributed by atoms with Gasteiger partial charge in [-0.15, -0.1) is 10.2 Å². The molecule has 6 rings (SSSR count). The second-order valence-corrected chi connectivity index (χ2v) is 11.1. The molecule has 2 saturated heterocycles. The SMILES string of the molecule is CC(C)=CCn1c(N2CCC3CNCC32)nc2c1c(=O)n(Cc1nnc(C3CC3)s1)c(=O)n2C. The van der Waals surface area contributed by atoms with Crippen LogP contribution in [0.2, 0.25) is 0 Å². The Labute approximate surface area is 200 Å². The molecule has 3 fully saturated rings. The third kappa shape index (κ3) is 3.52. The van der Waals surface area contributed by atoms with Crippen molar-refractivity contribution < 1.29 is 0 Å². The Bertz CT molecular complexity index is 1400. The molecule has 1 saturated carbocycles. The monoisotopic (exact) mass is 482 g/mol. The van der Waals surface area contributed by atoms with Gasteiger partial charge in [-0.1, -0.05) is 23.0 Å². The molecule has 3 aromatic rings. The molecule has 10 nitrogen and oxygen atoms in total. The van der Waals surface area contributed by atoms with Crippen molar-refractivity contribution >= 4 is 28.4 Å². The van der Waals surface area contributed by atoms with Crippen LogP contribution in [-0.2, 0) is 20.1 Å². The van der Waals surface area contributed by atoms with Crippen LogP contribution in [0.3, 0.4) is 0 Å². The van der Waals surface area contributed by atoms with Crippen molar-refractivity contribution in [1.82, 2.24) is 34.2 Å². The zero-order valence-corrected chi connectivity index (χ0v) is 20.6. The highest BCUT2D eigenvalue weighted by molar-refractivity contribution is 7.11. The Morgan fingerprint density at radius 3 is 2.74 bits per heavy atom. The fourth-order valence-corrected chi connectivity index (χ4v) is 6.22. The normalized spacial score (nSPS) is 22.0. The molecular weight excluding hydrogens is 452 g/mol. The number of nitrogens with zero attached hydrogens (tertiary/aromatic N) is 7. The van der Waals surface area contributed by atoms with Crippen molar-refractivity contribution in [3.63, 3.8) is 0 Å². The summed E-state index contributed by atoms with van der Waals surface area (Å²) in [5.74, 6) is 1.87. The van der Waals surface area contributed by atoms with E-state index in [9.17, 15) is 9.59 Å². The maximum Gasteiger partial charge on any atom is 0.332 e. The van der Waals surface area contributed by atoms with Gasteiger partial charge in [-0.05, 0) is 39.0 Å². The Kier molecular flexibility index (Phi) is 5.21. The molecule has 2 atom stereocenters. The number of hydrogen-bond acceptors (Lipinski definition) is 8. The van der Waals surface area contributed by atoms with Gasteiger partial charge < -0.3 is 14.8 Å². The van der Waals surface area contributed by atoms with Crippen molar-refractivity contribution in [2.45, 2.75) is 58.2 Å². The highest BCUT2D eigenvalue weighted by Gasteiger charge is 2.40. The van der Waals surface area contributed by atoms with E-state index >= 15 is 0 Å². The fraction of sp³-hybridized carbons (Fsp3) is 0.609. The number of aromatic nitrogens is 6. The van der Waals surface area contributed by atoms with E-state index in [1.54, 1.807) is 7.05 Å². The molecule has 2 unspecified atom stereocenters. The van der Waals surface area contributed by atoms with Crippen LogP contribution in [0.4, 0.5) is 5.95 Å². The van der Waals surface area contributed by atoms with Crippen LogP contribution in [0.15, 0.2) is 21.2 Å². The molecule has 0 radical (unpaired) electrons. The summed E-state index contributed by atoms with van der Waals surface area (Å²) in [6.07, 6.45) is 5.49. The zero-order chi connectivity index (χ0) is 23.6. The van der Waals surface area contributed by atoms with Crippen molar-refractivity contribution in [1.29, 1.82) is 0 Å². The quantitative estimate of drug-likeness (QED) is 0.530. The van der Waals surface area contributed by atoms with Crippen LogP contribution in [0.25, 0.3) is 11.2 Å². The number of fused-ring (bicyclic) bond motifs is 2. The third-order valence-corrected chi connectivity index (χ3v) is 8.37. The molecular formula is C23H30N8O2S. The second-order valence-electron chi connectivity index (χ2n) is 9.99. The molecule has 3 aromatic heterocycles. The first-order valence-electron chi connectivity index (χ1n) is 12.1. The molecule has 180 valence electrons. The van der Waals surface area contributed by atoms with E-state index in [2.05, 4.69) is 26.5 Å². The van der Waals surface area contributed by atoms with Gasteiger partial charge >= 0.3 is 5.69 Å². The average Bonchev–Trinajstić information content (AvgIpc) is 3.17. The van der Waals surface area contributed by atoms with Crippen LogP contribution in [-0.4, -0.2) is 54.6 Å². The summed E-state index contributed by atoms with van der Waals surface area (Å²) in [5, 5.41) is 13.7. The van der Waals surface area contributed by atoms with E-state index in [1.807, 2.05) is 18.4 Å². The van der Waals surface area contributed by atoms with Gasteiger partial charge in [0, 0.05) is 45.2 Å². The van der Waals surface area contributed by atoms with Gasteiger partial charge in [0.05, 0.1) is 6.54 Å². The summed E-state index contributed by atoms with van der Waals surface area (Å²) in [7, 11) is 1.70. The highest BCUT2D eigenvalue weighted by Crippen LogP contribution is 2.41. The maximum atomic E-state index is 13.8. The highest BCUT2D eigenvalue weighted by atomic mass is 32.1. The largest absolute Gasteiger partial charge is 0.338 e.